The fourth-order valence-corrected chi connectivity index (χ4v) is 2.79. The van der Waals surface area contributed by atoms with Crippen LogP contribution in [0.4, 0.5) is 4.39 Å². The molecule has 1 aromatic rings. The third-order valence-corrected chi connectivity index (χ3v) is 3.73. The smallest absolute Gasteiger partial charge is 0.320 e. The van der Waals surface area contributed by atoms with E-state index in [1.165, 1.54) is 12.1 Å². The fraction of sp³-hybridized carbons (Fsp3) is 0.562. The van der Waals surface area contributed by atoms with Crippen molar-refractivity contribution >= 4 is 18.4 Å². The van der Waals surface area contributed by atoms with Crippen molar-refractivity contribution in [2.45, 2.75) is 52.6 Å². The first-order valence-corrected chi connectivity index (χ1v) is 6.99. The van der Waals surface area contributed by atoms with Crippen LogP contribution in [0.2, 0.25) is 0 Å². The van der Waals surface area contributed by atoms with E-state index in [2.05, 4.69) is 19.2 Å². The number of carbonyl (C=O) groups is 1. The van der Waals surface area contributed by atoms with Crippen LogP contribution in [-0.2, 0) is 4.79 Å². The Bertz CT molecular complexity index is 479. The molecule has 5 heteroatoms. The number of benzene rings is 1. The molecule has 0 saturated heterocycles. The minimum Gasteiger partial charge on any atom is -0.480 e. The van der Waals surface area contributed by atoms with Crippen molar-refractivity contribution in [3.63, 3.8) is 0 Å². The Labute approximate surface area is 132 Å². The zero-order valence-electron chi connectivity index (χ0n) is 13.2. The third kappa shape index (κ3) is 5.29. The summed E-state index contributed by atoms with van der Waals surface area (Å²) < 4.78 is 13.2. The van der Waals surface area contributed by atoms with Crippen molar-refractivity contribution in [2.24, 2.45) is 5.92 Å². The first-order chi connectivity index (χ1) is 9.23. The summed E-state index contributed by atoms with van der Waals surface area (Å²) in [5, 5.41) is 12.1. The van der Waals surface area contributed by atoms with Gasteiger partial charge in [-0.2, -0.15) is 0 Å². The Balaban J connectivity index is 0.00000400. The normalized spacial score (nSPS) is 15.2. The molecule has 0 aliphatic carbocycles. The van der Waals surface area contributed by atoms with Gasteiger partial charge in [-0.05, 0) is 49.9 Å². The molecule has 0 bridgehead atoms. The van der Waals surface area contributed by atoms with Crippen molar-refractivity contribution in [1.82, 2.24) is 5.32 Å². The molecule has 0 heterocycles. The fourth-order valence-electron chi connectivity index (χ4n) is 2.79. The SMILES string of the molecule is Cc1cc(F)ccc1[C@H](C(C)C)[C@H](C)N[C@@H](C)C(=O)O.Cl. The van der Waals surface area contributed by atoms with Crippen LogP contribution in [-0.4, -0.2) is 23.2 Å². The highest BCUT2D eigenvalue weighted by atomic mass is 35.5. The highest BCUT2D eigenvalue weighted by Gasteiger charge is 2.26. The predicted octanol–water partition coefficient (Wildman–Crippen LogP) is 3.75. The average molecular weight is 318 g/mol. The highest BCUT2D eigenvalue weighted by molar-refractivity contribution is 5.85. The number of rotatable bonds is 6. The Hall–Kier alpha value is -1.13. The van der Waals surface area contributed by atoms with E-state index in [1.807, 2.05) is 13.8 Å². The summed E-state index contributed by atoms with van der Waals surface area (Å²) in [5.74, 6) is -0.650. The van der Waals surface area contributed by atoms with Gasteiger partial charge in [-0.3, -0.25) is 4.79 Å². The molecule has 0 fully saturated rings. The lowest BCUT2D eigenvalue weighted by atomic mass is 9.81. The van der Waals surface area contributed by atoms with Crippen LogP contribution in [0, 0.1) is 18.7 Å². The van der Waals surface area contributed by atoms with Crippen LogP contribution >= 0.6 is 12.4 Å². The Morgan fingerprint density at radius 1 is 1.24 bits per heavy atom. The van der Waals surface area contributed by atoms with Crippen molar-refractivity contribution in [1.29, 1.82) is 0 Å². The predicted molar refractivity (Wildman–Crippen MR) is 85.7 cm³/mol. The molecule has 0 unspecified atom stereocenters. The van der Waals surface area contributed by atoms with Crippen LogP contribution in [0.25, 0.3) is 0 Å². The number of aryl methyl sites for hydroxylation is 1. The van der Waals surface area contributed by atoms with Crippen LogP contribution in [0.1, 0.15) is 44.7 Å². The van der Waals surface area contributed by atoms with E-state index in [0.29, 0.717) is 5.92 Å². The van der Waals surface area contributed by atoms with Gasteiger partial charge in [-0.25, -0.2) is 4.39 Å². The molecule has 120 valence electrons. The van der Waals surface area contributed by atoms with Gasteiger partial charge in [-0.1, -0.05) is 19.9 Å². The molecular weight excluding hydrogens is 293 g/mol. The van der Waals surface area contributed by atoms with Gasteiger partial charge < -0.3 is 10.4 Å². The largest absolute Gasteiger partial charge is 0.480 e. The molecule has 0 aromatic heterocycles. The van der Waals surface area contributed by atoms with Crippen molar-refractivity contribution < 1.29 is 14.3 Å². The van der Waals surface area contributed by atoms with Crippen molar-refractivity contribution in [3.8, 4) is 0 Å². The highest BCUT2D eigenvalue weighted by Crippen LogP contribution is 2.31. The zero-order chi connectivity index (χ0) is 15.4. The number of carboxylic acids is 1. The van der Waals surface area contributed by atoms with Gasteiger partial charge in [0.1, 0.15) is 11.9 Å². The van der Waals surface area contributed by atoms with Crippen molar-refractivity contribution in [3.05, 3.63) is 35.1 Å². The van der Waals surface area contributed by atoms with Crippen LogP contribution in [0.3, 0.4) is 0 Å². The molecular formula is C16H25ClFNO2. The standard InChI is InChI=1S/C16H24FNO2.ClH/c1-9(2)15(11(4)18-12(5)16(19)20)14-7-6-13(17)8-10(14)3;/h6-9,11-12,15,18H,1-5H3,(H,19,20);1H/t11-,12-,15+;/m0./s1. The molecule has 0 amide bonds. The van der Waals surface area contributed by atoms with E-state index in [1.54, 1.807) is 13.0 Å². The lowest BCUT2D eigenvalue weighted by molar-refractivity contribution is -0.139. The number of halogens is 2. The molecule has 0 radical (unpaired) electrons. The Morgan fingerprint density at radius 2 is 1.81 bits per heavy atom. The molecule has 21 heavy (non-hydrogen) atoms. The lowest BCUT2D eigenvalue weighted by Gasteiger charge is -2.31. The summed E-state index contributed by atoms with van der Waals surface area (Å²) in [6, 6.07) is 4.18. The summed E-state index contributed by atoms with van der Waals surface area (Å²) >= 11 is 0. The first kappa shape index (κ1) is 19.9. The summed E-state index contributed by atoms with van der Waals surface area (Å²) in [6.45, 7) is 9.69. The molecule has 0 spiro atoms. The van der Waals surface area contributed by atoms with Gasteiger partial charge in [-0.15, -0.1) is 12.4 Å². The minimum atomic E-state index is -0.866. The maximum atomic E-state index is 13.2. The second kappa shape index (κ2) is 8.35. The Morgan fingerprint density at radius 3 is 2.24 bits per heavy atom. The van der Waals surface area contributed by atoms with Crippen LogP contribution < -0.4 is 5.32 Å². The summed E-state index contributed by atoms with van der Waals surface area (Å²) in [5.41, 5.74) is 1.97. The maximum absolute atomic E-state index is 13.2. The van der Waals surface area contributed by atoms with Gasteiger partial charge in [0, 0.05) is 12.0 Å². The van der Waals surface area contributed by atoms with Crippen molar-refractivity contribution in [2.75, 3.05) is 0 Å². The number of hydrogen-bond acceptors (Lipinski definition) is 2. The second-order valence-electron chi connectivity index (χ2n) is 5.79. The van der Waals surface area contributed by atoms with Gasteiger partial charge in [0.2, 0.25) is 0 Å². The second-order valence-corrected chi connectivity index (χ2v) is 5.79. The van der Waals surface area contributed by atoms with E-state index >= 15 is 0 Å². The average Bonchev–Trinajstić information content (AvgIpc) is 2.31. The van der Waals surface area contributed by atoms with Gasteiger partial charge in [0.25, 0.3) is 0 Å². The first-order valence-electron chi connectivity index (χ1n) is 6.99. The van der Waals surface area contributed by atoms with Crippen LogP contribution in [0.15, 0.2) is 18.2 Å². The zero-order valence-corrected chi connectivity index (χ0v) is 14.0. The number of hydrogen-bond donors (Lipinski definition) is 2. The number of aliphatic carboxylic acids is 1. The summed E-state index contributed by atoms with van der Waals surface area (Å²) in [6.07, 6.45) is 0. The summed E-state index contributed by atoms with van der Waals surface area (Å²) in [4.78, 5) is 11.0. The van der Waals surface area contributed by atoms with Crippen LogP contribution in [0.5, 0.6) is 0 Å². The molecule has 2 N–H and O–H groups in total. The topological polar surface area (TPSA) is 49.3 Å². The van der Waals surface area contributed by atoms with Gasteiger partial charge in [0.05, 0.1) is 0 Å². The molecule has 1 aromatic carbocycles. The number of carboxylic acid groups (broad SMARTS) is 1. The molecule has 1 rings (SSSR count). The van der Waals surface area contributed by atoms with E-state index < -0.39 is 12.0 Å². The van der Waals surface area contributed by atoms with E-state index in [-0.39, 0.29) is 30.2 Å². The summed E-state index contributed by atoms with van der Waals surface area (Å²) in [7, 11) is 0. The molecule has 0 aliphatic rings. The number of nitrogens with one attached hydrogen (secondary N) is 1. The Kier molecular flexibility index (Phi) is 7.90. The van der Waals surface area contributed by atoms with E-state index in [4.69, 9.17) is 5.11 Å². The molecule has 0 aliphatic heterocycles. The molecule has 0 saturated carbocycles. The quantitative estimate of drug-likeness (QED) is 0.840. The van der Waals surface area contributed by atoms with E-state index in [0.717, 1.165) is 11.1 Å². The van der Waals surface area contributed by atoms with Gasteiger partial charge >= 0.3 is 5.97 Å². The minimum absolute atomic E-state index is 0. The molecule has 3 nitrogen and oxygen atoms in total. The third-order valence-electron chi connectivity index (χ3n) is 3.73. The molecule has 3 atom stereocenters. The maximum Gasteiger partial charge on any atom is 0.320 e. The lowest BCUT2D eigenvalue weighted by Crippen LogP contribution is -2.44. The van der Waals surface area contributed by atoms with E-state index in [9.17, 15) is 9.18 Å². The monoisotopic (exact) mass is 317 g/mol. The van der Waals surface area contributed by atoms with Gasteiger partial charge in [0.15, 0.2) is 0 Å².